The summed E-state index contributed by atoms with van der Waals surface area (Å²) in [6.45, 7) is 2.08. The third-order valence-electron chi connectivity index (χ3n) is 3.18. The van der Waals surface area contributed by atoms with Crippen molar-refractivity contribution >= 4 is 27.7 Å². The Kier molecular flexibility index (Phi) is 4.90. The Labute approximate surface area is 147 Å². The van der Waals surface area contributed by atoms with Gasteiger partial charge < -0.3 is 10.1 Å². The fourth-order valence-electron chi connectivity index (χ4n) is 2.02. The molecule has 0 saturated carbocycles. The number of anilines is 1. The van der Waals surface area contributed by atoms with Gasteiger partial charge in [-0.05, 0) is 49.4 Å². The zero-order valence-electron chi connectivity index (χ0n) is 12.9. The van der Waals surface area contributed by atoms with Crippen LogP contribution in [0.5, 0.6) is 5.75 Å². The maximum absolute atomic E-state index is 12.2. The van der Waals surface area contributed by atoms with Gasteiger partial charge in [-0.25, -0.2) is 9.67 Å². The number of hydrogen-bond acceptors (Lipinski definition) is 4. The Balaban J connectivity index is 1.60. The molecule has 0 bridgehead atoms. The minimum absolute atomic E-state index is 0.220. The largest absolute Gasteiger partial charge is 0.471 e. The van der Waals surface area contributed by atoms with Crippen molar-refractivity contribution in [1.29, 1.82) is 0 Å². The summed E-state index contributed by atoms with van der Waals surface area (Å²) in [5.74, 6) is 0.916. The Morgan fingerprint density at radius 1 is 1.21 bits per heavy atom. The van der Waals surface area contributed by atoms with Crippen LogP contribution in [0.3, 0.4) is 0 Å². The number of nitrogens with one attached hydrogen (secondary N) is 1. The lowest BCUT2D eigenvalue weighted by molar-refractivity contribution is 0.102. The fraction of sp³-hybridized carbons (Fsp3) is 0.118. The molecule has 0 unspecified atom stereocenters. The van der Waals surface area contributed by atoms with Crippen molar-refractivity contribution in [2.75, 3.05) is 5.32 Å². The van der Waals surface area contributed by atoms with Gasteiger partial charge in [-0.15, -0.1) is 0 Å². The van der Waals surface area contributed by atoms with E-state index in [0.29, 0.717) is 11.5 Å². The average Bonchev–Trinajstić information content (AvgIpc) is 3.03. The number of carbonyl (C=O) groups is 1. The summed E-state index contributed by atoms with van der Waals surface area (Å²) in [7, 11) is 0. The van der Waals surface area contributed by atoms with E-state index < -0.39 is 0 Å². The molecule has 0 radical (unpaired) electrons. The van der Waals surface area contributed by atoms with Crippen LogP contribution < -0.4 is 10.1 Å². The molecule has 7 heteroatoms. The first-order valence-electron chi connectivity index (χ1n) is 7.27. The van der Waals surface area contributed by atoms with Crippen LogP contribution in [0.15, 0.2) is 59.2 Å². The summed E-state index contributed by atoms with van der Waals surface area (Å²) in [5, 5.41) is 6.92. The van der Waals surface area contributed by atoms with Gasteiger partial charge >= 0.3 is 0 Å². The monoisotopic (exact) mass is 386 g/mol. The number of carbonyl (C=O) groups excluding carboxylic acids is 1. The van der Waals surface area contributed by atoms with E-state index in [1.54, 1.807) is 23.0 Å². The van der Waals surface area contributed by atoms with Crippen LogP contribution in [0.4, 0.5) is 5.82 Å². The SMILES string of the molecule is Cc1cccc(NC(=O)c2ccn(COc3ccc(Br)cc3)n2)n1. The predicted octanol–water partition coefficient (Wildman–Crippen LogP) is 3.64. The molecule has 122 valence electrons. The molecule has 3 rings (SSSR count). The minimum atomic E-state index is -0.310. The number of amides is 1. The van der Waals surface area contributed by atoms with Crippen LogP contribution in [0.2, 0.25) is 0 Å². The molecule has 0 aliphatic heterocycles. The molecule has 2 heterocycles. The Hall–Kier alpha value is -2.67. The number of halogens is 1. The van der Waals surface area contributed by atoms with Gasteiger partial charge in [0.1, 0.15) is 11.6 Å². The molecule has 0 spiro atoms. The molecule has 1 aromatic carbocycles. The van der Waals surface area contributed by atoms with Crippen LogP contribution in [0.1, 0.15) is 16.2 Å². The summed E-state index contributed by atoms with van der Waals surface area (Å²) < 4.78 is 8.15. The van der Waals surface area contributed by atoms with E-state index in [9.17, 15) is 4.79 Å². The summed E-state index contributed by atoms with van der Waals surface area (Å²) in [6.07, 6.45) is 1.69. The Morgan fingerprint density at radius 2 is 2.00 bits per heavy atom. The Bertz CT molecular complexity index is 846. The van der Waals surface area contributed by atoms with Crippen LogP contribution >= 0.6 is 15.9 Å². The first-order valence-corrected chi connectivity index (χ1v) is 8.06. The predicted molar refractivity (Wildman–Crippen MR) is 93.9 cm³/mol. The van der Waals surface area contributed by atoms with Crippen molar-refractivity contribution in [3.63, 3.8) is 0 Å². The molecule has 3 aromatic rings. The number of aromatic nitrogens is 3. The van der Waals surface area contributed by atoms with E-state index in [-0.39, 0.29) is 12.6 Å². The normalized spacial score (nSPS) is 10.4. The number of aryl methyl sites for hydroxylation is 1. The zero-order valence-corrected chi connectivity index (χ0v) is 14.5. The highest BCUT2D eigenvalue weighted by atomic mass is 79.9. The van der Waals surface area contributed by atoms with Gasteiger partial charge in [0.2, 0.25) is 0 Å². The maximum Gasteiger partial charge on any atom is 0.277 e. The van der Waals surface area contributed by atoms with Crippen molar-refractivity contribution in [3.8, 4) is 5.75 Å². The minimum Gasteiger partial charge on any atom is -0.471 e. The molecule has 0 atom stereocenters. The molecule has 0 saturated heterocycles. The molecule has 1 amide bonds. The molecule has 0 fully saturated rings. The molecule has 6 nitrogen and oxygen atoms in total. The topological polar surface area (TPSA) is 69.0 Å². The number of ether oxygens (including phenoxy) is 1. The molecular formula is C17H15BrN4O2. The van der Waals surface area contributed by atoms with Gasteiger partial charge in [0, 0.05) is 16.4 Å². The van der Waals surface area contributed by atoms with Crippen molar-refractivity contribution < 1.29 is 9.53 Å². The first-order chi connectivity index (χ1) is 11.6. The number of nitrogens with zero attached hydrogens (tertiary/aromatic N) is 3. The zero-order chi connectivity index (χ0) is 16.9. The smallest absolute Gasteiger partial charge is 0.277 e. The fourth-order valence-corrected chi connectivity index (χ4v) is 2.28. The summed E-state index contributed by atoms with van der Waals surface area (Å²) in [4.78, 5) is 16.4. The third kappa shape index (κ3) is 4.20. The van der Waals surface area contributed by atoms with Crippen LogP contribution in [-0.2, 0) is 6.73 Å². The number of benzene rings is 1. The first kappa shape index (κ1) is 16.2. The van der Waals surface area contributed by atoms with Crippen LogP contribution in [0, 0.1) is 6.92 Å². The number of pyridine rings is 1. The second-order valence-corrected chi connectivity index (χ2v) is 6.00. The van der Waals surface area contributed by atoms with Gasteiger partial charge in [-0.3, -0.25) is 4.79 Å². The summed E-state index contributed by atoms with van der Waals surface area (Å²) in [5.41, 5.74) is 1.14. The summed E-state index contributed by atoms with van der Waals surface area (Å²) in [6, 6.07) is 14.6. The second kappa shape index (κ2) is 7.27. The van der Waals surface area contributed by atoms with E-state index in [1.165, 1.54) is 0 Å². The number of rotatable bonds is 5. The average molecular weight is 387 g/mol. The van der Waals surface area contributed by atoms with Gasteiger partial charge in [0.15, 0.2) is 12.4 Å². The highest BCUT2D eigenvalue weighted by molar-refractivity contribution is 9.10. The van der Waals surface area contributed by atoms with E-state index in [0.717, 1.165) is 15.9 Å². The van der Waals surface area contributed by atoms with Crippen molar-refractivity contribution in [1.82, 2.24) is 14.8 Å². The van der Waals surface area contributed by atoms with Crippen molar-refractivity contribution in [3.05, 3.63) is 70.6 Å². The van der Waals surface area contributed by atoms with E-state index in [2.05, 4.69) is 31.3 Å². The lowest BCUT2D eigenvalue weighted by Gasteiger charge is -2.06. The van der Waals surface area contributed by atoms with Gasteiger partial charge in [-0.1, -0.05) is 22.0 Å². The number of hydrogen-bond donors (Lipinski definition) is 1. The second-order valence-electron chi connectivity index (χ2n) is 5.09. The molecule has 24 heavy (non-hydrogen) atoms. The van der Waals surface area contributed by atoms with Crippen LogP contribution in [0.25, 0.3) is 0 Å². The lowest BCUT2D eigenvalue weighted by atomic mass is 10.3. The summed E-state index contributed by atoms with van der Waals surface area (Å²) >= 11 is 3.37. The highest BCUT2D eigenvalue weighted by Gasteiger charge is 2.10. The Morgan fingerprint density at radius 3 is 2.75 bits per heavy atom. The molecule has 0 aliphatic carbocycles. The van der Waals surface area contributed by atoms with E-state index >= 15 is 0 Å². The van der Waals surface area contributed by atoms with Gasteiger partial charge in [-0.2, -0.15) is 5.10 Å². The van der Waals surface area contributed by atoms with Gasteiger partial charge in [0.25, 0.3) is 5.91 Å². The third-order valence-corrected chi connectivity index (χ3v) is 3.71. The van der Waals surface area contributed by atoms with E-state index in [1.807, 2.05) is 43.3 Å². The maximum atomic E-state index is 12.2. The van der Waals surface area contributed by atoms with E-state index in [4.69, 9.17) is 4.74 Å². The van der Waals surface area contributed by atoms with Crippen LogP contribution in [-0.4, -0.2) is 20.7 Å². The van der Waals surface area contributed by atoms with Crippen molar-refractivity contribution in [2.45, 2.75) is 13.7 Å². The molecular weight excluding hydrogens is 372 g/mol. The molecule has 1 N–H and O–H groups in total. The highest BCUT2D eigenvalue weighted by Crippen LogP contribution is 2.16. The lowest BCUT2D eigenvalue weighted by Crippen LogP contribution is -2.15. The van der Waals surface area contributed by atoms with Crippen molar-refractivity contribution in [2.24, 2.45) is 0 Å². The molecule has 2 aromatic heterocycles. The quantitative estimate of drug-likeness (QED) is 0.726. The van der Waals surface area contributed by atoms with Gasteiger partial charge in [0.05, 0.1) is 0 Å². The molecule has 0 aliphatic rings. The standard InChI is InChI=1S/C17H15BrN4O2/c1-12-3-2-4-16(19-12)20-17(23)15-9-10-22(21-15)11-24-14-7-5-13(18)6-8-14/h2-10H,11H2,1H3,(H,19,20,23).